The first-order valence-electron chi connectivity index (χ1n) is 10.1. The van der Waals surface area contributed by atoms with Crippen LogP contribution in [0.2, 0.25) is 0 Å². The number of ether oxygens (including phenoxy) is 4. The van der Waals surface area contributed by atoms with Gasteiger partial charge in [0.25, 0.3) is 0 Å². The van der Waals surface area contributed by atoms with E-state index in [0.717, 1.165) is 0 Å². The largest absolute Gasteiger partial charge is 0.461 e. The molecule has 8 heteroatoms. The quantitative estimate of drug-likeness (QED) is 0.427. The number of hydrogen-bond donors (Lipinski definition) is 1. The van der Waals surface area contributed by atoms with Crippen LogP contribution in [0.3, 0.4) is 0 Å². The second kappa shape index (κ2) is 7.40. The van der Waals surface area contributed by atoms with Gasteiger partial charge in [0.1, 0.15) is 23.9 Å². The van der Waals surface area contributed by atoms with Gasteiger partial charge in [0.2, 0.25) is 0 Å². The molecule has 29 heavy (non-hydrogen) atoms. The van der Waals surface area contributed by atoms with E-state index < -0.39 is 59.4 Å². The molecule has 3 rings (SSSR count). The third kappa shape index (κ3) is 3.92. The molecule has 0 saturated carbocycles. The maximum Gasteiger partial charge on any atom is 0.334 e. The molecule has 2 bridgehead atoms. The lowest BCUT2D eigenvalue weighted by Crippen LogP contribution is -2.46. The Balaban J connectivity index is 2.03. The summed E-state index contributed by atoms with van der Waals surface area (Å²) in [4.78, 5) is 36.3. The minimum Gasteiger partial charge on any atom is -0.461 e. The Labute approximate surface area is 170 Å². The van der Waals surface area contributed by atoms with E-state index in [-0.39, 0.29) is 24.3 Å². The lowest BCUT2D eigenvalue weighted by molar-refractivity contribution is -0.253. The molecule has 0 spiro atoms. The smallest absolute Gasteiger partial charge is 0.334 e. The molecule has 8 nitrogen and oxygen atoms in total. The van der Waals surface area contributed by atoms with Crippen molar-refractivity contribution in [1.29, 1.82) is 0 Å². The Morgan fingerprint density at radius 3 is 2.52 bits per heavy atom. The van der Waals surface area contributed by atoms with Crippen molar-refractivity contribution in [3.05, 3.63) is 12.2 Å². The summed E-state index contributed by atoms with van der Waals surface area (Å²) in [5.41, 5.74) is -0.876. The second-order valence-electron chi connectivity index (χ2n) is 9.03. The zero-order chi connectivity index (χ0) is 21.7. The summed E-state index contributed by atoms with van der Waals surface area (Å²) in [7, 11) is 0. The minimum atomic E-state index is -1.56. The summed E-state index contributed by atoms with van der Waals surface area (Å²) in [5.74, 6) is -4.36. The molecule has 3 saturated heterocycles. The van der Waals surface area contributed by atoms with Crippen molar-refractivity contribution in [2.75, 3.05) is 0 Å². The maximum absolute atomic E-state index is 12.4. The van der Waals surface area contributed by atoms with E-state index >= 15 is 0 Å². The molecule has 0 amide bonds. The van der Waals surface area contributed by atoms with E-state index in [1.54, 1.807) is 27.7 Å². The lowest BCUT2D eigenvalue weighted by atomic mass is 9.77. The zero-order valence-corrected chi connectivity index (χ0v) is 17.6. The molecule has 162 valence electrons. The average Bonchev–Trinajstić information content (AvgIpc) is 3.00. The lowest BCUT2D eigenvalue weighted by Gasteiger charge is -2.35. The highest BCUT2D eigenvalue weighted by atomic mass is 16.7. The fourth-order valence-corrected chi connectivity index (χ4v) is 4.60. The second-order valence-corrected chi connectivity index (χ2v) is 9.03. The number of esters is 3. The number of fused-ring (bicyclic) bond motifs is 3. The molecule has 1 N–H and O–H groups in total. The van der Waals surface area contributed by atoms with Crippen LogP contribution >= 0.6 is 0 Å². The molecule has 0 aromatic carbocycles. The fraction of sp³-hybridized carbons (Fsp3) is 0.762. The SMILES string of the molecule is C=C1C(=O)O[C@@H]2C[C@H](C)[C@]3(O)C[C@@H](OC(C)=O)C(C)(C[C@@H](OC(=O)C(C)C)[C@@H]12)O3. The molecule has 1 unspecified atom stereocenters. The van der Waals surface area contributed by atoms with E-state index in [1.807, 2.05) is 0 Å². The predicted molar refractivity (Wildman–Crippen MR) is 100 cm³/mol. The van der Waals surface area contributed by atoms with Gasteiger partial charge in [-0.3, -0.25) is 9.59 Å². The summed E-state index contributed by atoms with van der Waals surface area (Å²) in [6, 6.07) is 0. The Kier molecular flexibility index (Phi) is 5.55. The van der Waals surface area contributed by atoms with Gasteiger partial charge in [-0.05, 0) is 13.3 Å². The number of carbonyl (C=O) groups is 3. The van der Waals surface area contributed by atoms with Crippen molar-refractivity contribution in [2.45, 2.75) is 83.6 Å². The van der Waals surface area contributed by atoms with Gasteiger partial charge < -0.3 is 24.1 Å². The molecule has 0 aliphatic carbocycles. The van der Waals surface area contributed by atoms with E-state index in [2.05, 4.69) is 6.58 Å². The number of rotatable bonds is 3. The van der Waals surface area contributed by atoms with Gasteiger partial charge in [-0.2, -0.15) is 0 Å². The first-order chi connectivity index (χ1) is 13.4. The standard InChI is InChI=1S/C21H30O8/c1-10(2)18(23)28-15-8-20(6)16(26-13(5)22)9-21(25,29-20)11(3)7-14-17(15)12(4)19(24)27-14/h10-11,14-17,25H,4,7-9H2,1-3,5-6H3/t11-,14+,15+,16+,17-,20?,21-/m0/s1. The van der Waals surface area contributed by atoms with Crippen LogP contribution in [0.25, 0.3) is 0 Å². The average molecular weight is 410 g/mol. The Hall–Kier alpha value is -1.93. The van der Waals surface area contributed by atoms with E-state index in [0.29, 0.717) is 6.42 Å². The summed E-state index contributed by atoms with van der Waals surface area (Å²) in [5, 5.41) is 11.2. The molecule has 0 aromatic rings. The first-order valence-corrected chi connectivity index (χ1v) is 10.1. The molecule has 3 fully saturated rings. The van der Waals surface area contributed by atoms with Gasteiger partial charge in [-0.25, -0.2) is 4.79 Å². The fourth-order valence-electron chi connectivity index (χ4n) is 4.60. The molecular weight excluding hydrogens is 380 g/mol. The Morgan fingerprint density at radius 2 is 1.93 bits per heavy atom. The van der Waals surface area contributed by atoms with E-state index in [1.165, 1.54) is 6.92 Å². The first kappa shape index (κ1) is 21.8. The summed E-state index contributed by atoms with van der Waals surface area (Å²) < 4.78 is 22.9. The molecule has 7 atom stereocenters. The third-order valence-corrected chi connectivity index (χ3v) is 6.30. The number of aliphatic hydroxyl groups is 1. The number of hydrogen-bond acceptors (Lipinski definition) is 8. The van der Waals surface area contributed by atoms with E-state index in [9.17, 15) is 19.5 Å². The minimum absolute atomic E-state index is 0.0847. The van der Waals surface area contributed by atoms with Crippen molar-refractivity contribution in [3.63, 3.8) is 0 Å². The van der Waals surface area contributed by atoms with E-state index in [4.69, 9.17) is 18.9 Å². The molecular formula is C21H30O8. The van der Waals surface area contributed by atoms with Crippen LogP contribution < -0.4 is 0 Å². The van der Waals surface area contributed by atoms with Gasteiger partial charge in [0.15, 0.2) is 5.79 Å². The highest BCUT2D eigenvalue weighted by Crippen LogP contribution is 2.50. The monoisotopic (exact) mass is 410 g/mol. The van der Waals surface area contributed by atoms with Gasteiger partial charge in [-0.15, -0.1) is 0 Å². The molecule has 3 aliphatic heterocycles. The van der Waals surface area contributed by atoms with Crippen LogP contribution in [0.4, 0.5) is 0 Å². The van der Waals surface area contributed by atoms with Gasteiger partial charge in [0, 0.05) is 31.3 Å². The Bertz CT molecular complexity index is 730. The predicted octanol–water partition coefficient (Wildman–Crippen LogP) is 1.88. The number of carbonyl (C=O) groups excluding carboxylic acids is 3. The van der Waals surface area contributed by atoms with Crippen molar-refractivity contribution in [1.82, 2.24) is 0 Å². The Morgan fingerprint density at radius 1 is 1.28 bits per heavy atom. The molecule has 3 aliphatic rings. The van der Waals surface area contributed by atoms with Crippen molar-refractivity contribution < 1.29 is 38.4 Å². The van der Waals surface area contributed by atoms with Crippen LogP contribution in [-0.2, 0) is 33.3 Å². The van der Waals surface area contributed by atoms with Gasteiger partial charge in [0.05, 0.1) is 11.8 Å². The van der Waals surface area contributed by atoms with Crippen LogP contribution in [-0.4, -0.2) is 52.7 Å². The summed E-state index contributed by atoms with van der Waals surface area (Å²) >= 11 is 0. The topological polar surface area (TPSA) is 108 Å². The van der Waals surface area contributed by atoms with Gasteiger partial charge in [-0.1, -0.05) is 27.4 Å². The van der Waals surface area contributed by atoms with Crippen LogP contribution in [0.15, 0.2) is 12.2 Å². The van der Waals surface area contributed by atoms with Gasteiger partial charge >= 0.3 is 17.9 Å². The third-order valence-electron chi connectivity index (χ3n) is 6.30. The molecule has 0 aromatic heterocycles. The highest BCUT2D eigenvalue weighted by molar-refractivity contribution is 5.91. The highest BCUT2D eigenvalue weighted by Gasteiger charge is 2.61. The molecule has 3 heterocycles. The zero-order valence-electron chi connectivity index (χ0n) is 17.6. The van der Waals surface area contributed by atoms with Crippen molar-refractivity contribution in [2.24, 2.45) is 17.8 Å². The van der Waals surface area contributed by atoms with Crippen molar-refractivity contribution in [3.8, 4) is 0 Å². The van der Waals surface area contributed by atoms with Crippen LogP contribution in [0.1, 0.15) is 53.9 Å². The van der Waals surface area contributed by atoms with Crippen molar-refractivity contribution >= 4 is 17.9 Å². The van der Waals surface area contributed by atoms with Crippen LogP contribution in [0, 0.1) is 17.8 Å². The maximum atomic E-state index is 12.4. The summed E-state index contributed by atoms with van der Waals surface area (Å²) in [6.07, 6.45) is -1.58. The normalized spacial score (nSPS) is 41.8. The molecule has 0 radical (unpaired) electrons. The van der Waals surface area contributed by atoms with Crippen LogP contribution in [0.5, 0.6) is 0 Å². The summed E-state index contributed by atoms with van der Waals surface area (Å²) in [6.45, 7) is 12.1.